The molecule has 1 unspecified atom stereocenters. The molecule has 6 heteroatoms. The van der Waals surface area contributed by atoms with E-state index in [1.807, 2.05) is 42.5 Å². The highest BCUT2D eigenvalue weighted by Crippen LogP contribution is 2.27. The second-order valence-electron chi connectivity index (χ2n) is 10.1. The van der Waals surface area contributed by atoms with Gasteiger partial charge in [-0.25, -0.2) is 0 Å². The van der Waals surface area contributed by atoms with Crippen molar-refractivity contribution in [3.05, 3.63) is 76.7 Å². The van der Waals surface area contributed by atoms with Crippen LogP contribution in [-0.2, 0) is 4.79 Å². The van der Waals surface area contributed by atoms with Crippen molar-refractivity contribution >= 4 is 39.9 Å². The summed E-state index contributed by atoms with van der Waals surface area (Å²) >= 11 is 0. The van der Waals surface area contributed by atoms with Gasteiger partial charge in [0.15, 0.2) is 0 Å². The zero-order chi connectivity index (χ0) is 25.1. The van der Waals surface area contributed by atoms with Gasteiger partial charge < -0.3 is 22.1 Å². The third kappa shape index (κ3) is 5.14. The molecule has 36 heavy (non-hydrogen) atoms. The predicted octanol–water partition coefficient (Wildman–Crippen LogP) is 3.11. The maximum absolute atomic E-state index is 13.9. The van der Waals surface area contributed by atoms with Gasteiger partial charge in [-0.2, -0.15) is 0 Å². The smallest absolute Gasteiger partial charge is 0.247 e. The van der Waals surface area contributed by atoms with Crippen molar-refractivity contribution in [2.24, 2.45) is 11.5 Å². The Morgan fingerprint density at radius 1 is 1.00 bits per heavy atom. The Kier molecular flexibility index (Phi) is 7.05. The molecule has 0 radical (unpaired) electrons. The van der Waals surface area contributed by atoms with Crippen LogP contribution in [0.3, 0.4) is 0 Å². The molecule has 3 aromatic carbocycles. The van der Waals surface area contributed by atoms with Gasteiger partial charge in [0.25, 0.3) is 0 Å². The van der Waals surface area contributed by atoms with Crippen LogP contribution in [0.1, 0.15) is 50.5 Å². The number of fused-ring (bicyclic) bond motifs is 2. The number of hydrogen-bond donors (Lipinski definition) is 5. The van der Waals surface area contributed by atoms with Gasteiger partial charge in [-0.1, -0.05) is 54.6 Å². The number of anilines is 1. The SMILES string of the molecule is N=C(N)c1ccc2c(c1)=CCCCC=2C(Nc1cccc2ccccc12)C(=O)N[C@H]1CC[C@H](N)CC1. The monoisotopic (exact) mass is 481 g/mol. The normalized spacial score (nSPS) is 20.5. The van der Waals surface area contributed by atoms with E-state index < -0.39 is 6.04 Å². The van der Waals surface area contributed by atoms with Gasteiger partial charge in [-0.15, -0.1) is 0 Å². The quantitative estimate of drug-likeness (QED) is 0.275. The van der Waals surface area contributed by atoms with E-state index in [2.05, 4.69) is 34.9 Å². The molecule has 0 spiro atoms. The highest BCUT2D eigenvalue weighted by atomic mass is 16.2. The van der Waals surface area contributed by atoms with E-state index in [1.165, 1.54) is 0 Å². The zero-order valence-corrected chi connectivity index (χ0v) is 20.6. The zero-order valence-electron chi connectivity index (χ0n) is 20.6. The number of nitrogens with one attached hydrogen (secondary N) is 3. The molecule has 0 heterocycles. The van der Waals surface area contributed by atoms with Crippen molar-refractivity contribution in [2.45, 2.75) is 63.1 Å². The summed E-state index contributed by atoms with van der Waals surface area (Å²) in [6.45, 7) is 0. The van der Waals surface area contributed by atoms with E-state index in [9.17, 15) is 4.79 Å². The summed E-state index contributed by atoms with van der Waals surface area (Å²) in [6, 6.07) is 20.1. The first kappa shape index (κ1) is 24.1. The third-order valence-corrected chi connectivity index (χ3v) is 7.54. The molecule has 0 aliphatic heterocycles. The Bertz CT molecular complexity index is 1400. The number of rotatable bonds is 6. The Morgan fingerprint density at radius 2 is 1.78 bits per heavy atom. The van der Waals surface area contributed by atoms with Crippen molar-refractivity contribution < 1.29 is 4.79 Å². The largest absolute Gasteiger partial charge is 0.384 e. The fourth-order valence-electron chi connectivity index (χ4n) is 5.54. The van der Waals surface area contributed by atoms with E-state index in [0.717, 1.165) is 77.4 Å². The van der Waals surface area contributed by atoms with Crippen LogP contribution >= 0.6 is 0 Å². The minimum Gasteiger partial charge on any atom is -0.384 e. The minimum atomic E-state index is -0.514. The Hall–Kier alpha value is -3.64. The molecule has 1 saturated carbocycles. The summed E-state index contributed by atoms with van der Waals surface area (Å²) in [5.74, 6) is 0.0533. The summed E-state index contributed by atoms with van der Waals surface area (Å²) in [7, 11) is 0. The third-order valence-electron chi connectivity index (χ3n) is 7.54. The average Bonchev–Trinajstić information content (AvgIpc) is 3.10. The van der Waals surface area contributed by atoms with Gasteiger partial charge in [-0.3, -0.25) is 10.2 Å². The fourth-order valence-corrected chi connectivity index (χ4v) is 5.54. The number of nitrogen functional groups attached to an aromatic ring is 1. The first-order chi connectivity index (χ1) is 17.5. The van der Waals surface area contributed by atoms with Crippen LogP contribution in [0.15, 0.2) is 60.7 Å². The Morgan fingerprint density at radius 3 is 2.58 bits per heavy atom. The second kappa shape index (κ2) is 10.5. The first-order valence-electron chi connectivity index (χ1n) is 13.0. The van der Waals surface area contributed by atoms with Gasteiger partial charge in [0, 0.05) is 28.7 Å². The predicted molar refractivity (Wildman–Crippen MR) is 148 cm³/mol. The highest BCUT2D eigenvalue weighted by molar-refractivity contribution is 6.00. The Labute approximate surface area is 212 Å². The number of amides is 1. The van der Waals surface area contributed by atoms with Gasteiger partial charge >= 0.3 is 0 Å². The summed E-state index contributed by atoms with van der Waals surface area (Å²) in [5.41, 5.74) is 14.6. The average molecular weight is 482 g/mol. The van der Waals surface area contributed by atoms with Gasteiger partial charge in [0.05, 0.1) is 0 Å². The van der Waals surface area contributed by atoms with Crippen LogP contribution in [0.25, 0.3) is 22.4 Å². The summed E-state index contributed by atoms with van der Waals surface area (Å²) < 4.78 is 0. The van der Waals surface area contributed by atoms with E-state index >= 15 is 0 Å². The second-order valence-corrected chi connectivity index (χ2v) is 10.1. The molecule has 0 saturated heterocycles. The highest BCUT2D eigenvalue weighted by Gasteiger charge is 2.28. The first-order valence-corrected chi connectivity index (χ1v) is 13.0. The van der Waals surface area contributed by atoms with Gasteiger partial charge in [0.1, 0.15) is 11.9 Å². The van der Waals surface area contributed by atoms with Crippen molar-refractivity contribution in [3.8, 4) is 0 Å². The van der Waals surface area contributed by atoms with E-state index in [4.69, 9.17) is 16.9 Å². The minimum absolute atomic E-state index is 0.00176. The van der Waals surface area contributed by atoms with Gasteiger partial charge in [0.2, 0.25) is 5.91 Å². The maximum Gasteiger partial charge on any atom is 0.247 e. The molecule has 0 bridgehead atoms. The number of carbonyl (C=O) groups excluding carboxylic acids is 1. The molecule has 7 N–H and O–H groups in total. The molecule has 6 nitrogen and oxygen atoms in total. The molecule has 3 aromatic rings. The lowest BCUT2D eigenvalue weighted by atomic mass is 9.91. The number of amidine groups is 1. The topological polar surface area (TPSA) is 117 Å². The molecule has 0 aromatic heterocycles. The van der Waals surface area contributed by atoms with Gasteiger partial charge in [-0.05, 0) is 78.5 Å². The molecule has 2 aliphatic rings. The standard InChI is InChI=1S/C30H35N5O/c31-22-13-15-23(16-14-22)34-30(36)28(35-27-11-5-8-19-6-1-3-9-25(19)27)26-10-4-2-7-20-18-21(29(32)33)12-17-24(20)26/h1,3,5-9,11-12,17-18,22-23,28,35H,2,4,10,13-16,31H2,(H3,32,33)(H,34,36)/t22-,23-,28?. The van der Waals surface area contributed by atoms with Crippen LogP contribution in [-0.4, -0.2) is 29.9 Å². The molecule has 1 fully saturated rings. The van der Waals surface area contributed by atoms with Crippen molar-refractivity contribution in [1.82, 2.24) is 5.32 Å². The molecule has 2 aliphatic carbocycles. The molecule has 1 atom stereocenters. The van der Waals surface area contributed by atoms with Crippen molar-refractivity contribution in [2.75, 3.05) is 5.32 Å². The van der Waals surface area contributed by atoms with Crippen LogP contribution in [0, 0.1) is 5.41 Å². The number of benzene rings is 3. The molecular formula is C30H35N5O. The summed E-state index contributed by atoms with van der Waals surface area (Å²) in [5, 5.41) is 19.2. The van der Waals surface area contributed by atoms with Crippen LogP contribution in [0.4, 0.5) is 5.69 Å². The lowest BCUT2D eigenvalue weighted by Crippen LogP contribution is -2.49. The number of carbonyl (C=O) groups is 1. The number of hydrogen-bond acceptors (Lipinski definition) is 4. The van der Waals surface area contributed by atoms with Crippen LogP contribution in [0.2, 0.25) is 0 Å². The van der Waals surface area contributed by atoms with Crippen molar-refractivity contribution in [3.63, 3.8) is 0 Å². The maximum atomic E-state index is 13.9. The summed E-state index contributed by atoms with van der Waals surface area (Å²) in [4.78, 5) is 13.9. The lowest BCUT2D eigenvalue weighted by molar-refractivity contribution is -0.121. The van der Waals surface area contributed by atoms with E-state index in [1.54, 1.807) is 0 Å². The molecule has 1 amide bonds. The van der Waals surface area contributed by atoms with Crippen LogP contribution < -0.4 is 32.5 Å². The Balaban J connectivity index is 1.59. The molecule has 186 valence electrons. The molecular weight excluding hydrogens is 446 g/mol. The fraction of sp³-hybridized carbons (Fsp3) is 0.333. The summed E-state index contributed by atoms with van der Waals surface area (Å²) in [6.07, 6.45) is 8.59. The molecule has 5 rings (SSSR count). The van der Waals surface area contributed by atoms with E-state index in [-0.39, 0.29) is 23.8 Å². The number of nitrogens with two attached hydrogens (primary N) is 2. The van der Waals surface area contributed by atoms with E-state index in [0.29, 0.717) is 5.56 Å². The van der Waals surface area contributed by atoms with Crippen LogP contribution in [0.5, 0.6) is 0 Å². The lowest BCUT2D eigenvalue weighted by Gasteiger charge is -2.30. The van der Waals surface area contributed by atoms with Crippen molar-refractivity contribution in [1.29, 1.82) is 5.41 Å².